The van der Waals surface area contributed by atoms with E-state index in [4.69, 9.17) is 14.6 Å². The van der Waals surface area contributed by atoms with Gasteiger partial charge in [-0.15, -0.1) is 0 Å². The van der Waals surface area contributed by atoms with Crippen LogP contribution in [-0.2, 0) is 9.31 Å². The molecule has 1 aromatic heterocycles. The molecular formula is C25H23BN2O2. The third-order valence-corrected chi connectivity index (χ3v) is 6.48. The predicted octanol–water partition coefficient (Wildman–Crippen LogP) is 4.95. The topological polar surface area (TPSA) is 47.2 Å². The van der Waals surface area contributed by atoms with E-state index in [1.54, 1.807) is 0 Å². The molecule has 0 spiro atoms. The molecule has 0 unspecified atom stereocenters. The van der Waals surface area contributed by atoms with Crippen molar-refractivity contribution in [2.24, 2.45) is 0 Å². The first-order chi connectivity index (χ1) is 14.3. The lowest BCUT2D eigenvalue weighted by Crippen LogP contribution is -2.41. The summed E-state index contributed by atoms with van der Waals surface area (Å²) in [6, 6.07) is 24.7. The molecule has 1 aliphatic heterocycles. The van der Waals surface area contributed by atoms with E-state index in [1.807, 2.05) is 24.3 Å². The van der Waals surface area contributed by atoms with Crippen LogP contribution in [0.25, 0.3) is 27.5 Å². The minimum Gasteiger partial charge on any atom is -0.399 e. The largest absolute Gasteiger partial charge is 0.494 e. The molecule has 3 aromatic carbocycles. The molecule has 5 rings (SSSR count). The van der Waals surface area contributed by atoms with Crippen molar-refractivity contribution in [2.75, 3.05) is 0 Å². The summed E-state index contributed by atoms with van der Waals surface area (Å²) in [6.45, 7) is 8.29. The first kappa shape index (κ1) is 18.9. The van der Waals surface area contributed by atoms with Crippen molar-refractivity contribution in [3.63, 3.8) is 0 Å². The highest BCUT2D eigenvalue weighted by Crippen LogP contribution is 2.37. The Morgan fingerprint density at radius 1 is 0.800 bits per heavy atom. The molecule has 0 N–H and O–H groups in total. The molecule has 30 heavy (non-hydrogen) atoms. The fraction of sp³-hybridized carbons (Fsp3) is 0.240. The van der Waals surface area contributed by atoms with Crippen LogP contribution in [0.5, 0.6) is 0 Å². The molecule has 1 saturated heterocycles. The zero-order valence-corrected chi connectivity index (χ0v) is 17.6. The Bertz CT molecular complexity index is 1300. The molecule has 0 saturated carbocycles. The van der Waals surface area contributed by atoms with Gasteiger partial charge in [-0.3, -0.25) is 0 Å². The molecule has 0 amide bonds. The lowest BCUT2D eigenvalue weighted by molar-refractivity contribution is 0.00578. The van der Waals surface area contributed by atoms with E-state index in [-0.39, 0.29) is 11.2 Å². The molecule has 4 nitrogen and oxygen atoms in total. The van der Waals surface area contributed by atoms with E-state index in [0.29, 0.717) is 5.56 Å². The Morgan fingerprint density at radius 2 is 1.43 bits per heavy atom. The molecule has 148 valence electrons. The normalized spacial score (nSPS) is 17.5. The van der Waals surface area contributed by atoms with Crippen molar-refractivity contribution in [1.82, 2.24) is 4.57 Å². The van der Waals surface area contributed by atoms with Gasteiger partial charge in [-0.25, -0.2) is 0 Å². The molecular weight excluding hydrogens is 371 g/mol. The molecule has 0 bridgehead atoms. The van der Waals surface area contributed by atoms with Gasteiger partial charge in [0.2, 0.25) is 0 Å². The fourth-order valence-electron chi connectivity index (χ4n) is 4.08. The third-order valence-electron chi connectivity index (χ3n) is 6.48. The lowest BCUT2D eigenvalue weighted by Gasteiger charge is -2.32. The van der Waals surface area contributed by atoms with Gasteiger partial charge < -0.3 is 13.9 Å². The van der Waals surface area contributed by atoms with Gasteiger partial charge in [-0.05, 0) is 69.6 Å². The third kappa shape index (κ3) is 2.76. The summed E-state index contributed by atoms with van der Waals surface area (Å²) < 4.78 is 14.8. The summed E-state index contributed by atoms with van der Waals surface area (Å²) in [5.41, 5.74) is 4.20. The van der Waals surface area contributed by atoms with Gasteiger partial charge in [-0.1, -0.05) is 30.3 Å². The zero-order valence-electron chi connectivity index (χ0n) is 17.6. The van der Waals surface area contributed by atoms with Crippen LogP contribution in [0.4, 0.5) is 0 Å². The number of fused-ring (bicyclic) bond motifs is 3. The Kier molecular flexibility index (Phi) is 4.08. The number of rotatable bonds is 2. The van der Waals surface area contributed by atoms with Gasteiger partial charge >= 0.3 is 7.12 Å². The molecule has 5 heteroatoms. The summed E-state index contributed by atoms with van der Waals surface area (Å²) in [6.07, 6.45) is 0. The van der Waals surface area contributed by atoms with Crippen LogP contribution >= 0.6 is 0 Å². The van der Waals surface area contributed by atoms with Gasteiger partial charge in [0.25, 0.3) is 0 Å². The lowest BCUT2D eigenvalue weighted by atomic mass is 9.78. The Labute approximate surface area is 176 Å². The SMILES string of the molecule is CC1(C)OB(c2ccc3c(c2)c2ccccc2n3-c2ccc(C#N)cc2)OC1(C)C. The minimum absolute atomic E-state index is 0.372. The van der Waals surface area contributed by atoms with Gasteiger partial charge in [-0.2, -0.15) is 5.26 Å². The standard InChI is InChI=1S/C25H23BN2O2/c1-24(2)25(3,4)30-26(29-24)18-11-14-23-21(15-18)20-7-5-6-8-22(20)28(23)19-12-9-17(16-27)10-13-19/h5-15H,1-4H3. The maximum atomic E-state index is 9.13. The second kappa shape index (κ2) is 6.47. The van der Waals surface area contributed by atoms with Crippen molar-refractivity contribution in [3.05, 3.63) is 72.3 Å². The number of para-hydroxylation sites is 1. The maximum Gasteiger partial charge on any atom is 0.494 e. The second-order valence-corrected chi connectivity index (χ2v) is 8.88. The van der Waals surface area contributed by atoms with E-state index in [2.05, 4.69) is 80.8 Å². The summed E-state index contributed by atoms with van der Waals surface area (Å²) >= 11 is 0. The van der Waals surface area contributed by atoms with E-state index in [9.17, 15) is 0 Å². The van der Waals surface area contributed by atoms with Gasteiger partial charge in [0.15, 0.2) is 0 Å². The van der Waals surface area contributed by atoms with Crippen LogP contribution in [0.3, 0.4) is 0 Å². The summed E-state index contributed by atoms with van der Waals surface area (Å²) in [5, 5.41) is 11.5. The van der Waals surface area contributed by atoms with Crippen molar-refractivity contribution in [1.29, 1.82) is 5.26 Å². The number of hydrogen-bond donors (Lipinski definition) is 0. The van der Waals surface area contributed by atoms with Crippen molar-refractivity contribution in [2.45, 2.75) is 38.9 Å². The number of benzene rings is 3. The van der Waals surface area contributed by atoms with Crippen molar-refractivity contribution in [3.8, 4) is 11.8 Å². The molecule has 0 radical (unpaired) electrons. The van der Waals surface area contributed by atoms with Gasteiger partial charge in [0.05, 0.1) is 33.9 Å². The smallest absolute Gasteiger partial charge is 0.399 e. The van der Waals surface area contributed by atoms with Crippen LogP contribution in [0, 0.1) is 11.3 Å². The van der Waals surface area contributed by atoms with Gasteiger partial charge in [0.1, 0.15) is 0 Å². The molecule has 0 aliphatic carbocycles. The number of hydrogen-bond acceptors (Lipinski definition) is 3. The summed E-state index contributed by atoms with van der Waals surface area (Å²) in [4.78, 5) is 0. The van der Waals surface area contributed by atoms with Crippen LogP contribution < -0.4 is 5.46 Å². The number of nitrogens with zero attached hydrogens (tertiary/aromatic N) is 2. The summed E-state index contributed by atoms with van der Waals surface area (Å²) in [5.74, 6) is 0. The van der Waals surface area contributed by atoms with Crippen LogP contribution in [0.15, 0.2) is 66.7 Å². The maximum absolute atomic E-state index is 9.13. The van der Waals surface area contributed by atoms with Crippen LogP contribution in [0.2, 0.25) is 0 Å². The zero-order chi connectivity index (χ0) is 21.1. The fourth-order valence-corrected chi connectivity index (χ4v) is 4.08. The quantitative estimate of drug-likeness (QED) is 0.452. The van der Waals surface area contributed by atoms with Crippen LogP contribution in [-0.4, -0.2) is 22.9 Å². The summed E-state index contributed by atoms with van der Waals surface area (Å²) in [7, 11) is -0.392. The minimum atomic E-state index is -0.392. The molecule has 1 fully saturated rings. The Morgan fingerprint density at radius 3 is 2.10 bits per heavy atom. The Balaban J connectivity index is 1.69. The first-order valence-corrected chi connectivity index (χ1v) is 10.2. The highest BCUT2D eigenvalue weighted by atomic mass is 16.7. The molecule has 2 heterocycles. The van der Waals surface area contributed by atoms with E-state index < -0.39 is 7.12 Å². The predicted molar refractivity (Wildman–Crippen MR) is 121 cm³/mol. The average molecular weight is 394 g/mol. The highest BCUT2D eigenvalue weighted by Gasteiger charge is 2.51. The number of aromatic nitrogens is 1. The van der Waals surface area contributed by atoms with E-state index in [1.165, 1.54) is 5.39 Å². The monoisotopic (exact) mass is 394 g/mol. The molecule has 1 aliphatic rings. The number of nitriles is 1. The molecule has 0 atom stereocenters. The highest BCUT2D eigenvalue weighted by molar-refractivity contribution is 6.62. The Hall–Kier alpha value is -3.07. The first-order valence-electron chi connectivity index (χ1n) is 10.2. The van der Waals surface area contributed by atoms with E-state index in [0.717, 1.165) is 27.6 Å². The second-order valence-electron chi connectivity index (χ2n) is 8.88. The van der Waals surface area contributed by atoms with Crippen molar-refractivity contribution >= 4 is 34.4 Å². The molecule has 4 aromatic rings. The van der Waals surface area contributed by atoms with Gasteiger partial charge in [0, 0.05) is 16.5 Å². The van der Waals surface area contributed by atoms with Crippen molar-refractivity contribution < 1.29 is 9.31 Å². The van der Waals surface area contributed by atoms with E-state index >= 15 is 0 Å². The average Bonchev–Trinajstić information content (AvgIpc) is 3.17. The van der Waals surface area contributed by atoms with Crippen LogP contribution in [0.1, 0.15) is 33.3 Å².